The zero-order valence-corrected chi connectivity index (χ0v) is 15.8. The van der Waals surface area contributed by atoms with E-state index in [1.165, 1.54) is 4.90 Å². The molecule has 1 heterocycles. The number of nitrogens with zero attached hydrogens (tertiary/aromatic N) is 1. The van der Waals surface area contributed by atoms with Crippen molar-refractivity contribution in [2.24, 2.45) is 11.3 Å². The van der Waals surface area contributed by atoms with E-state index in [9.17, 15) is 9.59 Å². The van der Waals surface area contributed by atoms with E-state index < -0.39 is 0 Å². The van der Waals surface area contributed by atoms with Crippen LogP contribution in [0.2, 0.25) is 0 Å². The van der Waals surface area contributed by atoms with Crippen LogP contribution in [0.15, 0.2) is 18.2 Å². The predicted octanol–water partition coefficient (Wildman–Crippen LogP) is 2.99. The zero-order chi connectivity index (χ0) is 18.7. The number of carbonyl (C=O) groups excluding carboxylic acids is 2. The van der Waals surface area contributed by atoms with E-state index in [1.54, 1.807) is 14.2 Å². The number of nitrogens with one attached hydrogen (secondary N) is 1. The molecular weight excluding hydrogens is 332 g/mol. The number of benzene rings is 1. The minimum Gasteiger partial charge on any atom is -0.493 e. The number of hydrogen-bond acceptors (Lipinski definition) is 4. The predicted molar refractivity (Wildman–Crippen MR) is 98.4 cm³/mol. The van der Waals surface area contributed by atoms with Crippen molar-refractivity contribution >= 4 is 11.9 Å². The molecule has 0 aromatic heterocycles. The first kappa shape index (κ1) is 18.5. The van der Waals surface area contributed by atoms with Crippen molar-refractivity contribution in [3.63, 3.8) is 0 Å². The van der Waals surface area contributed by atoms with Gasteiger partial charge in [0.25, 0.3) is 0 Å². The lowest BCUT2D eigenvalue weighted by Crippen LogP contribution is -2.60. The van der Waals surface area contributed by atoms with Crippen LogP contribution in [0.3, 0.4) is 0 Å². The Morgan fingerprint density at radius 2 is 1.85 bits per heavy atom. The number of methoxy groups -OCH3 is 2. The maximum absolute atomic E-state index is 13.0. The summed E-state index contributed by atoms with van der Waals surface area (Å²) in [4.78, 5) is 26.7. The molecule has 1 saturated carbocycles. The quantitative estimate of drug-likeness (QED) is 0.847. The molecule has 1 unspecified atom stereocenters. The average Bonchev–Trinajstić information content (AvgIpc) is 3.12. The molecular formula is C20H28N2O4. The number of amides is 3. The fourth-order valence-corrected chi connectivity index (χ4v) is 4.19. The molecule has 3 rings (SSSR count). The van der Waals surface area contributed by atoms with Crippen LogP contribution in [-0.2, 0) is 11.2 Å². The summed E-state index contributed by atoms with van der Waals surface area (Å²) >= 11 is 0. The van der Waals surface area contributed by atoms with Crippen LogP contribution in [0.25, 0.3) is 0 Å². The second-order valence-electron chi connectivity index (χ2n) is 7.56. The molecule has 1 spiro atoms. The molecule has 26 heavy (non-hydrogen) atoms. The number of rotatable bonds is 6. The van der Waals surface area contributed by atoms with Crippen molar-refractivity contribution in [1.29, 1.82) is 0 Å². The molecule has 1 aliphatic carbocycles. The first-order valence-electron chi connectivity index (χ1n) is 9.30. The van der Waals surface area contributed by atoms with Gasteiger partial charge < -0.3 is 14.8 Å². The smallest absolute Gasteiger partial charge is 0.324 e. The minimum absolute atomic E-state index is 0.0120. The fraction of sp³-hybridized carbons (Fsp3) is 0.600. The van der Waals surface area contributed by atoms with Crippen molar-refractivity contribution in [2.45, 2.75) is 39.0 Å². The third kappa shape index (κ3) is 3.50. The molecule has 3 amide bonds. The van der Waals surface area contributed by atoms with Crippen molar-refractivity contribution in [2.75, 3.05) is 27.3 Å². The molecule has 0 bridgehead atoms. The van der Waals surface area contributed by atoms with Crippen LogP contribution in [-0.4, -0.2) is 44.1 Å². The largest absolute Gasteiger partial charge is 0.493 e. The van der Waals surface area contributed by atoms with Gasteiger partial charge in [-0.2, -0.15) is 0 Å². The SMILES string of the molecule is COc1ccc(CC(C)CN2C(=O)NCC3(CCCC3)C2=O)cc1OC. The molecule has 6 nitrogen and oxygen atoms in total. The van der Waals surface area contributed by atoms with E-state index in [0.29, 0.717) is 24.6 Å². The van der Waals surface area contributed by atoms with E-state index in [-0.39, 0.29) is 23.3 Å². The van der Waals surface area contributed by atoms with Gasteiger partial charge in [-0.15, -0.1) is 0 Å². The number of hydrogen-bond donors (Lipinski definition) is 1. The summed E-state index contributed by atoms with van der Waals surface area (Å²) in [6.07, 6.45) is 4.65. The molecule has 1 N–H and O–H groups in total. The van der Waals surface area contributed by atoms with E-state index >= 15 is 0 Å². The van der Waals surface area contributed by atoms with Gasteiger partial charge in [-0.3, -0.25) is 9.69 Å². The summed E-state index contributed by atoms with van der Waals surface area (Å²) in [6.45, 7) is 2.99. The summed E-state index contributed by atoms with van der Waals surface area (Å²) in [5.74, 6) is 1.55. The van der Waals surface area contributed by atoms with Gasteiger partial charge in [0.05, 0.1) is 19.6 Å². The van der Waals surface area contributed by atoms with Crippen LogP contribution in [0.5, 0.6) is 11.5 Å². The fourth-order valence-electron chi connectivity index (χ4n) is 4.19. The Balaban J connectivity index is 1.68. The summed E-state index contributed by atoms with van der Waals surface area (Å²) in [5, 5.41) is 2.93. The third-order valence-corrected chi connectivity index (χ3v) is 5.61. The summed E-state index contributed by atoms with van der Waals surface area (Å²) in [6, 6.07) is 5.57. The van der Waals surface area contributed by atoms with Crippen molar-refractivity contribution in [3.8, 4) is 11.5 Å². The number of urea groups is 1. The highest BCUT2D eigenvalue weighted by Gasteiger charge is 2.48. The highest BCUT2D eigenvalue weighted by atomic mass is 16.5. The van der Waals surface area contributed by atoms with Crippen molar-refractivity contribution in [3.05, 3.63) is 23.8 Å². The Bertz CT molecular complexity index is 682. The summed E-state index contributed by atoms with van der Waals surface area (Å²) < 4.78 is 10.6. The lowest BCUT2D eigenvalue weighted by atomic mass is 9.82. The normalized spacial score (nSPS) is 20.2. The van der Waals surface area contributed by atoms with E-state index in [0.717, 1.165) is 37.7 Å². The van der Waals surface area contributed by atoms with E-state index in [2.05, 4.69) is 12.2 Å². The standard InChI is InChI=1S/C20H28N2O4/c1-14(10-15-6-7-16(25-2)17(11-15)26-3)12-22-18(23)20(8-4-5-9-20)13-21-19(22)24/h6-7,11,14H,4-5,8-10,12-13H2,1-3H3,(H,21,24). The molecule has 1 atom stereocenters. The van der Waals surface area contributed by atoms with Gasteiger partial charge in [0.15, 0.2) is 11.5 Å². The van der Waals surface area contributed by atoms with Crippen LogP contribution < -0.4 is 14.8 Å². The van der Waals surface area contributed by atoms with Crippen LogP contribution in [0, 0.1) is 11.3 Å². The number of ether oxygens (including phenoxy) is 2. The Morgan fingerprint density at radius 3 is 2.50 bits per heavy atom. The molecule has 1 aliphatic heterocycles. The highest BCUT2D eigenvalue weighted by molar-refractivity contribution is 6.00. The van der Waals surface area contributed by atoms with Crippen LogP contribution in [0.4, 0.5) is 4.79 Å². The Kier molecular flexibility index (Phi) is 5.39. The first-order valence-corrected chi connectivity index (χ1v) is 9.30. The Morgan fingerprint density at radius 1 is 1.15 bits per heavy atom. The van der Waals surface area contributed by atoms with Gasteiger partial charge >= 0.3 is 6.03 Å². The number of carbonyl (C=O) groups is 2. The monoisotopic (exact) mass is 360 g/mol. The Labute approximate surface area is 154 Å². The number of imide groups is 1. The van der Waals surface area contributed by atoms with E-state index in [1.807, 2.05) is 18.2 Å². The van der Waals surface area contributed by atoms with Gasteiger partial charge in [-0.1, -0.05) is 25.8 Å². The summed E-state index contributed by atoms with van der Waals surface area (Å²) in [5.41, 5.74) is 0.729. The van der Waals surface area contributed by atoms with Crippen molar-refractivity contribution < 1.29 is 19.1 Å². The molecule has 1 aromatic carbocycles. The second kappa shape index (κ2) is 7.56. The van der Waals surface area contributed by atoms with Gasteiger partial charge in [-0.25, -0.2) is 4.79 Å². The maximum Gasteiger partial charge on any atom is 0.324 e. The van der Waals surface area contributed by atoms with Gasteiger partial charge in [0, 0.05) is 13.1 Å². The molecule has 1 aromatic rings. The van der Waals surface area contributed by atoms with E-state index in [4.69, 9.17) is 9.47 Å². The van der Waals surface area contributed by atoms with Crippen LogP contribution >= 0.6 is 0 Å². The molecule has 2 aliphatic rings. The molecule has 6 heteroatoms. The van der Waals surface area contributed by atoms with Crippen LogP contribution in [0.1, 0.15) is 38.2 Å². The zero-order valence-electron chi connectivity index (χ0n) is 15.8. The topological polar surface area (TPSA) is 67.9 Å². The molecule has 0 radical (unpaired) electrons. The molecule has 1 saturated heterocycles. The minimum atomic E-state index is -0.364. The molecule has 2 fully saturated rings. The lowest BCUT2D eigenvalue weighted by Gasteiger charge is -2.39. The second-order valence-corrected chi connectivity index (χ2v) is 7.56. The maximum atomic E-state index is 13.0. The van der Waals surface area contributed by atoms with Gasteiger partial charge in [0.1, 0.15) is 0 Å². The summed E-state index contributed by atoms with van der Waals surface area (Å²) in [7, 11) is 3.22. The highest BCUT2D eigenvalue weighted by Crippen LogP contribution is 2.41. The van der Waals surface area contributed by atoms with Crippen molar-refractivity contribution in [1.82, 2.24) is 10.2 Å². The first-order chi connectivity index (χ1) is 12.5. The average molecular weight is 360 g/mol. The third-order valence-electron chi connectivity index (χ3n) is 5.61. The lowest BCUT2D eigenvalue weighted by molar-refractivity contribution is -0.141. The Hall–Kier alpha value is -2.24. The van der Waals surface area contributed by atoms with Gasteiger partial charge in [0.2, 0.25) is 5.91 Å². The van der Waals surface area contributed by atoms with Gasteiger partial charge in [-0.05, 0) is 42.9 Å². The molecule has 142 valence electrons.